The van der Waals surface area contributed by atoms with Crippen LogP contribution in [0.2, 0.25) is 0 Å². The molecule has 0 aliphatic heterocycles. The SMILES string of the molecule is CC(NC(=O)Cn1cc([N+](=O)[O-])ccc1=O)c1ccccc1Br. The maximum absolute atomic E-state index is 12.1. The third kappa shape index (κ3) is 4.26. The van der Waals surface area contributed by atoms with E-state index in [4.69, 9.17) is 0 Å². The minimum absolute atomic E-state index is 0.240. The normalized spacial score (nSPS) is 11.7. The van der Waals surface area contributed by atoms with Gasteiger partial charge in [0.15, 0.2) is 0 Å². The molecule has 2 aromatic rings. The van der Waals surface area contributed by atoms with Crippen LogP contribution in [0.25, 0.3) is 0 Å². The van der Waals surface area contributed by atoms with E-state index in [1.165, 1.54) is 0 Å². The Morgan fingerprint density at radius 1 is 1.35 bits per heavy atom. The van der Waals surface area contributed by atoms with Crippen LogP contribution in [0.1, 0.15) is 18.5 Å². The van der Waals surface area contributed by atoms with Gasteiger partial charge in [-0.15, -0.1) is 0 Å². The van der Waals surface area contributed by atoms with Gasteiger partial charge < -0.3 is 5.32 Å². The van der Waals surface area contributed by atoms with Crippen LogP contribution < -0.4 is 10.9 Å². The van der Waals surface area contributed by atoms with Gasteiger partial charge in [0.1, 0.15) is 6.54 Å². The fourth-order valence-corrected chi connectivity index (χ4v) is 2.72. The summed E-state index contributed by atoms with van der Waals surface area (Å²) in [5, 5.41) is 13.5. The summed E-state index contributed by atoms with van der Waals surface area (Å²) in [4.78, 5) is 33.9. The number of aromatic nitrogens is 1. The molecule has 23 heavy (non-hydrogen) atoms. The first-order chi connectivity index (χ1) is 10.9. The predicted octanol–water partition coefficient (Wildman–Crippen LogP) is 2.40. The summed E-state index contributed by atoms with van der Waals surface area (Å²) in [5.74, 6) is -0.407. The minimum atomic E-state index is -0.614. The molecule has 1 aromatic carbocycles. The molecule has 0 fully saturated rings. The van der Waals surface area contributed by atoms with Crippen molar-refractivity contribution in [3.63, 3.8) is 0 Å². The Hall–Kier alpha value is -2.48. The van der Waals surface area contributed by atoms with E-state index in [1.54, 1.807) is 0 Å². The first-order valence-electron chi connectivity index (χ1n) is 6.77. The van der Waals surface area contributed by atoms with Crippen molar-refractivity contribution in [3.05, 3.63) is 73.1 Å². The Labute approximate surface area is 140 Å². The molecule has 0 aliphatic carbocycles. The van der Waals surface area contributed by atoms with Gasteiger partial charge in [-0.1, -0.05) is 34.1 Å². The molecule has 2 rings (SSSR count). The summed E-state index contributed by atoms with van der Waals surface area (Å²) < 4.78 is 1.88. The number of benzene rings is 1. The summed E-state index contributed by atoms with van der Waals surface area (Å²) in [6.45, 7) is 1.53. The van der Waals surface area contributed by atoms with Crippen LogP contribution >= 0.6 is 15.9 Å². The second-order valence-electron chi connectivity index (χ2n) is 4.92. The Balaban J connectivity index is 2.11. The van der Waals surface area contributed by atoms with Gasteiger partial charge in [-0.2, -0.15) is 0 Å². The quantitative estimate of drug-likeness (QED) is 0.637. The van der Waals surface area contributed by atoms with Crippen molar-refractivity contribution in [2.24, 2.45) is 0 Å². The molecular weight excluding hydrogens is 366 g/mol. The van der Waals surface area contributed by atoms with Crippen molar-refractivity contribution in [1.29, 1.82) is 0 Å². The van der Waals surface area contributed by atoms with Gasteiger partial charge in [-0.25, -0.2) is 0 Å². The summed E-state index contributed by atoms with van der Waals surface area (Å²) in [5.41, 5.74) is 0.183. The molecule has 0 saturated carbocycles. The molecule has 1 aromatic heterocycles. The van der Waals surface area contributed by atoms with Crippen LogP contribution in [0.15, 0.2) is 51.9 Å². The van der Waals surface area contributed by atoms with Crippen molar-refractivity contribution < 1.29 is 9.72 Å². The number of hydrogen-bond acceptors (Lipinski definition) is 4. The Kier molecular flexibility index (Phi) is 5.28. The standard InChI is InChI=1S/C15H14BrN3O4/c1-10(12-4-2-3-5-13(12)16)17-14(20)9-18-8-11(19(22)23)6-7-15(18)21/h2-8,10H,9H2,1H3,(H,17,20). The number of nitro groups is 1. The second-order valence-corrected chi connectivity index (χ2v) is 5.78. The molecule has 1 N–H and O–H groups in total. The number of nitrogens with one attached hydrogen (secondary N) is 1. The van der Waals surface area contributed by atoms with Crippen LogP contribution in [0.4, 0.5) is 5.69 Å². The molecule has 8 heteroatoms. The van der Waals surface area contributed by atoms with E-state index in [0.29, 0.717) is 0 Å². The van der Waals surface area contributed by atoms with E-state index in [0.717, 1.165) is 32.9 Å². The van der Waals surface area contributed by atoms with E-state index in [-0.39, 0.29) is 18.3 Å². The van der Waals surface area contributed by atoms with E-state index in [2.05, 4.69) is 21.2 Å². The lowest BCUT2D eigenvalue weighted by Crippen LogP contribution is -2.33. The Morgan fingerprint density at radius 2 is 2.04 bits per heavy atom. The van der Waals surface area contributed by atoms with Crippen molar-refractivity contribution in [2.45, 2.75) is 19.5 Å². The fourth-order valence-electron chi connectivity index (χ4n) is 2.10. The lowest BCUT2D eigenvalue weighted by molar-refractivity contribution is -0.385. The minimum Gasteiger partial charge on any atom is -0.348 e. The maximum atomic E-state index is 12.1. The number of rotatable bonds is 5. The molecule has 1 atom stereocenters. The largest absolute Gasteiger partial charge is 0.348 e. The number of amides is 1. The van der Waals surface area contributed by atoms with Gasteiger partial charge in [0, 0.05) is 16.6 Å². The highest BCUT2D eigenvalue weighted by molar-refractivity contribution is 9.10. The molecule has 0 saturated heterocycles. The maximum Gasteiger partial charge on any atom is 0.285 e. The fraction of sp³-hybridized carbons (Fsp3) is 0.200. The molecule has 0 spiro atoms. The van der Waals surface area contributed by atoms with Gasteiger partial charge in [0.05, 0.1) is 17.2 Å². The lowest BCUT2D eigenvalue weighted by atomic mass is 10.1. The van der Waals surface area contributed by atoms with Crippen molar-refractivity contribution in [1.82, 2.24) is 9.88 Å². The van der Waals surface area contributed by atoms with Crippen molar-refractivity contribution in [3.8, 4) is 0 Å². The number of carbonyl (C=O) groups is 1. The van der Waals surface area contributed by atoms with Crippen LogP contribution in [0.3, 0.4) is 0 Å². The topological polar surface area (TPSA) is 94.2 Å². The predicted molar refractivity (Wildman–Crippen MR) is 88.1 cm³/mol. The third-order valence-electron chi connectivity index (χ3n) is 3.24. The van der Waals surface area contributed by atoms with Gasteiger partial charge in [-0.05, 0) is 18.6 Å². The van der Waals surface area contributed by atoms with Crippen LogP contribution in [-0.2, 0) is 11.3 Å². The summed E-state index contributed by atoms with van der Waals surface area (Å²) in [6.07, 6.45) is 1.06. The first kappa shape index (κ1) is 16.9. The number of nitrogens with zero attached hydrogens (tertiary/aromatic N) is 2. The highest BCUT2D eigenvalue weighted by atomic mass is 79.9. The summed E-state index contributed by atoms with van der Waals surface area (Å²) in [6, 6.07) is 9.37. The van der Waals surface area contributed by atoms with Gasteiger partial charge in [0.2, 0.25) is 5.91 Å². The van der Waals surface area contributed by atoms with Crippen molar-refractivity contribution >= 4 is 27.5 Å². The molecule has 0 bridgehead atoms. The van der Waals surface area contributed by atoms with Crippen LogP contribution in [-0.4, -0.2) is 15.4 Å². The smallest absolute Gasteiger partial charge is 0.285 e. The highest BCUT2D eigenvalue weighted by Crippen LogP contribution is 2.22. The molecule has 120 valence electrons. The zero-order valence-electron chi connectivity index (χ0n) is 12.2. The molecule has 1 unspecified atom stereocenters. The second kappa shape index (κ2) is 7.19. The van der Waals surface area contributed by atoms with E-state index < -0.39 is 16.4 Å². The lowest BCUT2D eigenvalue weighted by Gasteiger charge is -2.16. The molecule has 1 amide bonds. The van der Waals surface area contributed by atoms with Crippen molar-refractivity contribution in [2.75, 3.05) is 0 Å². The van der Waals surface area contributed by atoms with E-state index in [9.17, 15) is 19.7 Å². The third-order valence-corrected chi connectivity index (χ3v) is 3.96. The molecule has 1 heterocycles. The number of carbonyl (C=O) groups excluding carboxylic acids is 1. The Morgan fingerprint density at radius 3 is 2.70 bits per heavy atom. The summed E-state index contributed by atoms with van der Waals surface area (Å²) in [7, 11) is 0. The molecule has 0 radical (unpaired) electrons. The highest BCUT2D eigenvalue weighted by Gasteiger charge is 2.14. The monoisotopic (exact) mass is 379 g/mol. The van der Waals surface area contributed by atoms with Gasteiger partial charge in [-0.3, -0.25) is 24.3 Å². The number of pyridine rings is 1. The molecule has 0 aliphatic rings. The van der Waals surface area contributed by atoms with Crippen LogP contribution in [0, 0.1) is 10.1 Å². The number of halogens is 1. The molecule has 7 nitrogen and oxygen atoms in total. The first-order valence-corrected chi connectivity index (χ1v) is 7.56. The summed E-state index contributed by atoms with van der Waals surface area (Å²) >= 11 is 3.41. The van der Waals surface area contributed by atoms with E-state index in [1.807, 2.05) is 31.2 Å². The number of hydrogen-bond donors (Lipinski definition) is 1. The average Bonchev–Trinajstić information content (AvgIpc) is 2.49. The zero-order valence-corrected chi connectivity index (χ0v) is 13.8. The van der Waals surface area contributed by atoms with E-state index >= 15 is 0 Å². The van der Waals surface area contributed by atoms with Gasteiger partial charge >= 0.3 is 0 Å². The van der Waals surface area contributed by atoms with Gasteiger partial charge in [0.25, 0.3) is 11.2 Å². The zero-order chi connectivity index (χ0) is 17.0. The Bertz CT molecular complexity index is 803. The molecular formula is C15H14BrN3O4. The van der Waals surface area contributed by atoms with Crippen LogP contribution in [0.5, 0.6) is 0 Å². The average molecular weight is 380 g/mol.